The number of thiazole rings is 1. The van der Waals surface area contributed by atoms with E-state index in [-0.39, 0.29) is 6.04 Å². The summed E-state index contributed by atoms with van der Waals surface area (Å²) in [6, 6.07) is 1.95. The van der Waals surface area contributed by atoms with Gasteiger partial charge in [0.15, 0.2) is 5.13 Å². The molecule has 0 fully saturated rings. The molecule has 142 valence electrons. The van der Waals surface area contributed by atoms with Crippen molar-refractivity contribution in [3.8, 4) is 17.1 Å². The SMILES string of the molecule is COCC(C)N1CCc2sc(Nc3nccc(OC)n3)nc2-c2cn[nH]c21. The van der Waals surface area contributed by atoms with E-state index in [1.54, 1.807) is 37.8 Å². The first-order valence-corrected chi connectivity index (χ1v) is 9.44. The molecule has 0 aliphatic carbocycles. The molecule has 27 heavy (non-hydrogen) atoms. The van der Waals surface area contributed by atoms with Gasteiger partial charge in [-0.05, 0) is 6.92 Å². The monoisotopic (exact) mass is 387 g/mol. The van der Waals surface area contributed by atoms with Gasteiger partial charge in [0.1, 0.15) is 5.82 Å². The van der Waals surface area contributed by atoms with E-state index < -0.39 is 0 Å². The topological polar surface area (TPSA) is 101 Å². The van der Waals surface area contributed by atoms with Gasteiger partial charge >= 0.3 is 0 Å². The van der Waals surface area contributed by atoms with Crippen LogP contribution in [0.1, 0.15) is 11.8 Å². The van der Waals surface area contributed by atoms with Gasteiger partial charge in [-0.15, -0.1) is 11.3 Å². The summed E-state index contributed by atoms with van der Waals surface area (Å²) < 4.78 is 10.5. The summed E-state index contributed by atoms with van der Waals surface area (Å²) in [6.07, 6.45) is 4.37. The zero-order valence-corrected chi connectivity index (χ0v) is 16.2. The Morgan fingerprint density at radius 3 is 3.07 bits per heavy atom. The molecule has 0 saturated carbocycles. The van der Waals surface area contributed by atoms with Crippen molar-refractivity contribution in [3.63, 3.8) is 0 Å². The van der Waals surface area contributed by atoms with Gasteiger partial charge < -0.3 is 14.4 Å². The zero-order valence-electron chi connectivity index (χ0n) is 15.4. The Morgan fingerprint density at radius 2 is 2.26 bits per heavy atom. The van der Waals surface area contributed by atoms with E-state index in [1.807, 2.05) is 6.20 Å². The third-order valence-corrected chi connectivity index (χ3v) is 5.47. The predicted molar refractivity (Wildman–Crippen MR) is 104 cm³/mol. The maximum atomic E-state index is 5.33. The van der Waals surface area contributed by atoms with Crippen LogP contribution in [0.25, 0.3) is 11.3 Å². The molecule has 0 aromatic carbocycles. The Kier molecular flexibility index (Phi) is 4.90. The Morgan fingerprint density at radius 1 is 1.37 bits per heavy atom. The molecule has 0 saturated heterocycles. The van der Waals surface area contributed by atoms with Gasteiger partial charge in [-0.3, -0.25) is 10.4 Å². The number of hydrogen-bond acceptors (Lipinski definition) is 9. The van der Waals surface area contributed by atoms with E-state index in [2.05, 4.69) is 37.3 Å². The van der Waals surface area contributed by atoms with E-state index in [0.717, 1.165) is 35.2 Å². The third-order valence-electron chi connectivity index (χ3n) is 4.44. The normalized spacial score (nSPS) is 14.3. The van der Waals surface area contributed by atoms with Crippen molar-refractivity contribution < 1.29 is 9.47 Å². The number of aromatic nitrogens is 5. The molecule has 0 bridgehead atoms. The van der Waals surface area contributed by atoms with Crippen molar-refractivity contribution in [2.24, 2.45) is 0 Å². The fourth-order valence-corrected chi connectivity index (χ4v) is 4.13. The first-order valence-electron chi connectivity index (χ1n) is 8.62. The molecule has 0 spiro atoms. The average molecular weight is 387 g/mol. The minimum Gasteiger partial charge on any atom is -0.481 e. The van der Waals surface area contributed by atoms with Gasteiger partial charge in [0.25, 0.3) is 0 Å². The van der Waals surface area contributed by atoms with Crippen LogP contribution in [0.2, 0.25) is 0 Å². The van der Waals surface area contributed by atoms with Crippen LogP contribution in [0, 0.1) is 0 Å². The molecule has 3 aromatic heterocycles. The van der Waals surface area contributed by atoms with E-state index in [9.17, 15) is 0 Å². The van der Waals surface area contributed by atoms with Gasteiger partial charge in [-0.2, -0.15) is 10.1 Å². The lowest BCUT2D eigenvalue weighted by atomic mass is 10.2. The molecule has 2 N–H and O–H groups in total. The maximum Gasteiger partial charge on any atom is 0.232 e. The Hall–Kier alpha value is -2.72. The van der Waals surface area contributed by atoms with E-state index in [0.29, 0.717) is 18.4 Å². The van der Waals surface area contributed by atoms with Gasteiger partial charge in [-0.25, -0.2) is 9.97 Å². The molecule has 9 nitrogen and oxygen atoms in total. The average Bonchev–Trinajstić information content (AvgIpc) is 3.27. The molecular weight excluding hydrogens is 366 g/mol. The zero-order chi connectivity index (χ0) is 18.8. The lowest BCUT2D eigenvalue weighted by Gasteiger charge is -2.28. The first-order chi connectivity index (χ1) is 13.2. The van der Waals surface area contributed by atoms with E-state index in [4.69, 9.17) is 14.5 Å². The van der Waals surface area contributed by atoms with Crippen LogP contribution in [0.5, 0.6) is 5.88 Å². The summed E-state index contributed by atoms with van der Waals surface area (Å²) >= 11 is 1.61. The summed E-state index contributed by atoms with van der Waals surface area (Å²) in [6.45, 7) is 3.66. The minimum absolute atomic E-state index is 0.242. The number of nitrogens with one attached hydrogen (secondary N) is 2. The number of hydrogen-bond donors (Lipinski definition) is 2. The van der Waals surface area contributed by atoms with Crippen LogP contribution < -0.4 is 15.0 Å². The lowest BCUT2D eigenvalue weighted by molar-refractivity contribution is 0.181. The Balaban J connectivity index is 1.63. The molecule has 3 aromatic rings. The number of nitrogens with zero attached hydrogens (tertiary/aromatic N) is 5. The van der Waals surface area contributed by atoms with Crippen LogP contribution in [-0.4, -0.2) is 58.6 Å². The molecule has 0 radical (unpaired) electrons. The fraction of sp³-hybridized carbons (Fsp3) is 0.412. The van der Waals surface area contributed by atoms with Gasteiger partial charge in [-0.1, -0.05) is 0 Å². The van der Waals surface area contributed by atoms with Gasteiger partial charge in [0, 0.05) is 37.2 Å². The number of ether oxygens (including phenoxy) is 2. The summed E-state index contributed by atoms with van der Waals surface area (Å²) in [7, 11) is 3.30. The summed E-state index contributed by atoms with van der Waals surface area (Å²) in [4.78, 5) is 16.8. The smallest absolute Gasteiger partial charge is 0.232 e. The van der Waals surface area contributed by atoms with Gasteiger partial charge in [0.05, 0.1) is 37.2 Å². The standard InChI is InChI=1S/C17H21N7O2S/c1-10(9-25-2)24-7-5-12-14(11-8-19-23-15(11)24)21-17(27-12)22-16-18-6-4-13(20-16)26-3/h4,6,8,10H,5,7,9H2,1-3H3,(H,19,23)(H,18,20,21,22). The number of rotatable bonds is 6. The van der Waals surface area contributed by atoms with Crippen molar-refractivity contribution in [1.29, 1.82) is 0 Å². The van der Waals surface area contributed by atoms with Crippen LogP contribution in [-0.2, 0) is 11.2 Å². The van der Waals surface area contributed by atoms with Gasteiger partial charge in [0.2, 0.25) is 11.8 Å². The molecule has 10 heteroatoms. The van der Waals surface area contributed by atoms with E-state index >= 15 is 0 Å². The second-order valence-corrected chi connectivity index (χ2v) is 7.30. The quantitative estimate of drug-likeness (QED) is 0.665. The third kappa shape index (κ3) is 3.45. The summed E-state index contributed by atoms with van der Waals surface area (Å²) in [5.41, 5.74) is 1.95. The number of anilines is 3. The highest BCUT2D eigenvalue weighted by molar-refractivity contribution is 7.16. The second kappa shape index (κ2) is 7.49. The lowest BCUT2D eigenvalue weighted by Crippen LogP contribution is -2.37. The Labute approximate surface area is 160 Å². The van der Waals surface area contributed by atoms with Crippen molar-refractivity contribution >= 4 is 28.2 Å². The molecule has 0 amide bonds. The Bertz CT molecular complexity index is 926. The summed E-state index contributed by atoms with van der Waals surface area (Å²) in [5.74, 6) is 1.94. The number of fused-ring (bicyclic) bond motifs is 3. The number of H-pyrrole nitrogens is 1. The summed E-state index contributed by atoms with van der Waals surface area (Å²) in [5, 5.41) is 11.3. The molecule has 1 atom stereocenters. The molecule has 1 aliphatic rings. The predicted octanol–water partition coefficient (Wildman–Crippen LogP) is 2.47. The second-order valence-electron chi connectivity index (χ2n) is 6.22. The molecular formula is C17H21N7O2S. The van der Waals surface area contributed by atoms with Crippen molar-refractivity contribution in [3.05, 3.63) is 23.3 Å². The van der Waals surface area contributed by atoms with Crippen LogP contribution in [0.4, 0.5) is 16.9 Å². The van der Waals surface area contributed by atoms with Crippen molar-refractivity contribution in [1.82, 2.24) is 25.1 Å². The van der Waals surface area contributed by atoms with Crippen molar-refractivity contribution in [2.75, 3.05) is 37.6 Å². The first kappa shape index (κ1) is 17.7. The molecule has 4 heterocycles. The largest absolute Gasteiger partial charge is 0.481 e. The minimum atomic E-state index is 0.242. The molecule has 4 rings (SSSR count). The van der Waals surface area contributed by atoms with Crippen LogP contribution in [0.3, 0.4) is 0 Å². The van der Waals surface area contributed by atoms with Crippen LogP contribution >= 0.6 is 11.3 Å². The molecule has 1 aliphatic heterocycles. The van der Waals surface area contributed by atoms with E-state index in [1.165, 1.54) is 4.88 Å². The van der Waals surface area contributed by atoms with Crippen molar-refractivity contribution in [2.45, 2.75) is 19.4 Å². The maximum absolute atomic E-state index is 5.33. The molecule has 1 unspecified atom stereocenters. The number of aromatic amines is 1. The fourth-order valence-electron chi connectivity index (χ4n) is 3.17. The highest BCUT2D eigenvalue weighted by atomic mass is 32.1. The number of methoxy groups -OCH3 is 2. The van der Waals surface area contributed by atoms with Crippen LogP contribution in [0.15, 0.2) is 18.5 Å². The highest BCUT2D eigenvalue weighted by Crippen LogP contribution is 2.39. The highest BCUT2D eigenvalue weighted by Gasteiger charge is 2.27.